The number of aromatic amines is 4. The third-order valence-electron chi connectivity index (χ3n) is 1.42. The molecule has 0 atom stereocenters. The zero-order valence-electron chi connectivity index (χ0n) is 7.57. The van der Waals surface area contributed by atoms with Gasteiger partial charge in [-0.25, -0.2) is 14.9 Å². The first-order valence-electron chi connectivity index (χ1n) is 3.37. The minimum atomic E-state index is -0.650. The fourth-order valence-electron chi connectivity index (χ4n) is 0.958. The molecule has 8 nitrogen and oxygen atoms in total. The fraction of sp³-hybridized carbons (Fsp3) is 0. The summed E-state index contributed by atoms with van der Waals surface area (Å²) >= 11 is 0. The number of nitrogens with zero attached hydrogens (tertiary/aromatic N) is 1. The number of H-pyrrole nitrogens is 4. The Balaban J connectivity index is -0.000000373. The Morgan fingerprint density at radius 2 is 1.24 bits per heavy atom. The Morgan fingerprint density at radius 3 is 1.71 bits per heavy atom. The first-order valence-corrected chi connectivity index (χ1v) is 3.37. The Bertz CT molecular complexity index is 638. The maximum absolute atomic E-state index is 10.9. The van der Waals surface area contributed by atoms with Gasteiger partial charge < -0.3 is 0 Å². The molecular formula is C6H8Cl2N5NaO3. The summed E-state index contributed by atoms with van der Waals surface area (Å²) in [6.07, 6.45) is 0. The summed E-state index contributed by atoms with van der Waals surface area (Å²) in [6.45, 7) is 3.50. The molecule has 17 heavy (non-hydrogen) atoms. The SMILES string of the molecule is C#N.Cl.Cl.O=c1[nH]c(=O)c2[nH]c(=O)[nH]c2[nH]1.[NaH]. The van der Waals surface area contributed by atoms with Gasteiger partial charge in [0.1, 0.15) is 11.2 Å². The summed E-state index contributed by atoms with van der Waals surface area (Å²) in [5, 5.41) is 6.50. The molecule has 0 spiro atoms. The molecule has 11 heteroatoms. The molecule has 0 unspecified atom stereocenters. The van der Waals surface area contributed by atoms with Crippen LogP contribution in [0.15, 0.2) is 14.4 Å². The van der Waals surface area contributed by atoms with E-state index in [4.69, 9.17) is 5.26 Å². The van der Waals surface area contributed by atoms with E-state index in [0.717, 1.165) is 0 Å². The van der Waals surface area contributed by atoms with E-state index in [1.165, 1.54) is 0 Å². The Hall–Kier alpha value is -0.980. The van der Waals surface area contributed by atoms with E-state index >= 15 is 0 Å². The van der Waals surface area contributed by atoms with Crippen LogP contribution in [0.2, 0.25) is 0 Å². The molecule has 0 radical (unpaired) electrons. The van der Waals surface area contributed by atoms with E-state index in [0.29, 0.717) is 0 Å². The van der Waals surface area contributed by atoms with Crippen molar-refractivity contribution in [1.82, 2.24) is 19.9 Å². The molecule has 2 aromatic heterocycles. The number of nitrogens with one attached hydrogen (secondary N) is 4. The van der Waals surface area contributed by atoms with Crippen LogP contribution in [0.4, 0.5) is 0 Å². The second kappa shape index (κ2) is 9.09. The van der Waals surface area contributed by atoms with E-state index in [9.17, 15) is 14.4 Å². The molecule has 90 valence electrons. The molecule has 0 aromatic carbocycles. The molecule has 4 N–H and O–H groups in total. The molecule has 0 aliphatic rings. The van der Waals surface area contributed by atoms with Gasteiger partial charge in [-0.05, 0) is 0 Å². The number of rotatable bonds is 0. The zero-order chi connectivity index (χ0) is 10.7. The molecule has 0 bridgehead atoms. The van der Waals surface area contributed by atoms with Crippen LogP contribution in [0.3, 0.4) is 0 Å². The molecule has 2 rings (SSSR count). The number of halogens is 2. The molecular weight excluding hydrogens is 284 g/mol. The predicted octanol–water partition coefficient (Wildman–Crippen LogP) is -1.43. The normalized spacial score (nSPS) is 7.65. The van der Waals surface area contributed by atoms with Gasteiger partial charge in [-0.1, -0.05) is 0 Å². The van der Waals surface area contributed by atoms with Gasteiger partial charge in [0, 0.05) is 6.57 Å². The van der Waals surface area contributed by atoms with Crippen LogP contribution in [-0.2, 0) is 0 Å². The molecule has 0 amide bonds. The van der Waals surface area contributed by atoms with E-state index in [1.54, 1.807) is 0 Å². The van der Waals surface area contributed by atoms with Crippen molar-refractivity contribution in [1.29, 1.82) is 5.26 Å². The van der Waals surface area contributed by atoms with Gasteiger partial charge in [0.25, 0.3) is 5.56 Å². The summed E-state index contributed by atoms with van der Waals surface area (Å²) in [5.41, 5.74) is -1.65. The van der Waals surface area contributed by atoms with E-state index in [-0.39, 0.29) is 65.5 Å². The number of fused-ring (bicyclic) bond motifs is 1. The quantitative estimate of drug-likeness (QED) is 0.442. The number of hydrogen-bond donors (Lipinski definition) is 4. The second-order valence-corrected chi connectivity index (χ2v) is 2.24. The molecule has 0 saturated carbocycles. The third kappa shape index (κ3) is 4.80. The maximum atomic E-state index is 10.9. The first kappa shape index (κ1) is 21.3. The Kier molecular flexibility index (Phi) is 11.4. The summed E-state index contributed by atoms with van der Waals surface area (Å²) in [6, 6.07) is 0. The van der Waals surface area contributed by atoms with Crippen molar-refractivity contribution in [3.8, 4) is 6.57 Å². The number of hydrogen-bond acceptors (Lipinski definition) is 4. The van der Waals surface area contributed by atoms with Crippen LogP contribution in [0.25, 0.3) is 11.2 Å². The summed E-state index contributed by atoms with van der Waals surface area (Å²) < 4.78 is 0. The van der Waals surface area contributed by atoms with Crippen molar-refractivity contribution in [3.63, 3.8) is 0 Å². The van der Waals surface area contributed by atoms with Gasteiger partial charge in [0.15, 0.2) is 0 Å². The second-order valence-electron chi connectivity index (χ2n) is 2.24. The Labute approximate surface area is 128 Å². The van der Waals surface area contributed by atoms with Crippen LogP contribution in [0.5, 0.6) is 0 Å². The third-order valence-corrected chi connectivity index (χ3v) is 1.42. The van der Waals surface area contributed by atoms with Crippen molar-refractivity contribution in [2.75, 3.05) is 0 Å². The van der Waals surface area contributed by atoms with Crippen LogP contribution in [0, 0.1) is 11.8 Å². The standard InChI is InChI=1S/C5H4N4O3.CHN.2ClH.Na.H/c10-3-1-2(7-4(11)6-1)8-5(12)9-3;1-2;;;;/h(H4,6,7,8,9,10,11,12);1H;2*1H;;. The van der Waals surface area contributed by atoms with Gasteiger partial charge in [-0.2, -0.15) is 0 Å². The molecule has 2 aromatic rings. The van der Waals surface area contributed by atoms with Crippen molar-refractivity contribution in [2.45, 2.75) is 0 Å². The summed E-state index contributed by atoms with van der Waals surface area (Å²) in [4.78, 5) is 41.0. The van der Waals surface area contributed by atoms with Crippen LogP contribution in [0.1, 0.15) is 0 Å². The fourth-order valence-corrected chi connectivity index (χ4v) is 0.958. The van der Waals surface area contributed by atoms with Crippen LogP contribution >= 0.6 is 24.8 Å². The molecule has 0 fully saturated rings. The van der Waals surface area contributed by atoms with E-state index in [1.807, 2.05) is 4.98 Å². The molecule has 2 heterocycles. The summed E-state index contributed by atoms with van der Waals surface area (Å²) in [7, 11) is 0. The number of nitriles is 1. The topological polar surface area (TPSA) is 138 Å². The number of imidazole rings is 1. The summed E-state index contributed by atoms with van der Waals surface area (Å²) in [5.74, 6) is 0. The predicted molar refractivity (Wildman–Crippen MR) is 68.5 cm³/mol. The van der Waals surface area contributed by atoms with Crippen LogP contribution in [-0.4, -0.2) is 49.5 Å². The molecule has 0 aliphatic carbocycles. The first-order chi connectivity index (χ1) is 6.66. The average molecular weight is 292 g/mol. The van der Waals surface area contributed by atoms with Crippen molar-refractivity contribution in [3.05, 3.63) is 31.3 Å². The van der Waals surface area contributed by atoms with Crippen LogP contribution < -0.4 is 16.9 Å². The number of aromatic nitrogens is 4. The Morgan fingerprint density at radius 1 is 0.824 bits per heavy atom. The van der Waals surface area contributed by atoms with Crippen molar-refractivity contribution in [2.24, 2.45) is 0 Å². The van der Waals surface area contributed by atoms with Gasteiger partial charge in [0.2, 0.25) is 0 Å². The van der Waals surface area contributed by atoms with Gasteiger partial charge >= 0.3 is 40.9 Å². The van der Waals surface area contributed by atoms with Crippen molar-refractivity contribution < 1.29 is 0 Å². The van der Waals surface area contributed by atoms with Gasteiger partial charge in [-0.3, -0.25) is 24.7 Å². The van der Waals surface area contributed by atoms with Gasteiger partial charge in [-0.15, -0.1) is 24.8 Å². The average Bonchev–Trinajstić information content (AvgIpc) is 2.49. The van der Waals surface area contributed by atoms with Crippen molar-refractivity contribution >= 4 is 65.5 Å². The zero-order valence-corrected chi connectivity index (χ0v) is 9.20. The minimum absolute atomic E-state index is 0. The monoisotopic (exact) mass is 291 g/mol. The van der Waals surface area contributed by atoms with E-state index in [2.05, 4.69) is 21.5 Å². The van der Waals surface area contributed by atoms with E-state index < -0.39 is 16.9 Å². The molecule has 0 saturated heterocycles. The van der Waals surface area contributed by atoms with Gasteiger partial charge in [0.05, 0.1) is 0 Å². The molecule has 0 aliphatic heterocycles.